The van der Waals surface area contributed by atoms with Crippen molar-refractivity contribution in [3.63, 3.8) is 0 Å². The van der Waals surface area contributed by atoms with Crippen molar-refractivity contribution in [3.05, 3.63) is 29.8 Å². The molecule has 0 fully saturated rings. The molecule has 1 rings (SSSR count). The second kappa shape index (κ2) is 5.57. The normalized spacial score (nSPS) is 12.2. The molecule has 1 amide bonds. The highest BCUT2D eigenvalue weighted by Gasteiger charge is 2.45. The smallest absolute Gasteiger partial charge is 0.325 e. The Morgan fingerprint density at radius 3 is 2.21 bits per heavy atom. The molecule has 0 unspecified atom stereocenters. The van der Waals surface area contributed by atoms with Gasteiger partial charge in [-0.15, -0.1) is 0 Å². The van der Waals surface area contributed by atoms with Crippen molar-refractivity contribution < 1.29 is 26.4 Å². The zero-order valence-electron chi connectivity index (χ0n) is 9.78. The molecule has 0 spiro atoms. The largest absolute Gasteiger partial charge is 0.511 e. The van der Waals surface area contributed by atoms with Gasteiger partial charge in [-0.25, -0.2) is 8.42 Å². The summed E-state index contributed by atoms with van der Waals surface area (Å²) in [5.74, 6) is -0.892. The summed E-state index contributed by atoms with van der Waals surface area (Å²) in [6.07, 6.45) is 0. The first-order chi connectivity index (χ1) is 8.62. The van der Waals surface area contributed by atoms with Crippen LogP contribution < -0.4 is 10.0 Å². The molecule has 2 N–H and O–H groups in total. The zero-order chi connectivity index (χ0) is 14.7. The fraction of sp³-hybridized carbons (Fsp3) is 0.300. The van der Waals surface area contributed by atoms with Gasteiger partial charge in [0, 0.05) is 5.69 Å². The molecule has 1 aromatic rings. The minimum absolute atomic E-state index is 0.363. The average Bonchev–Trinajstić information content (AvgIpc) is 2.28. The fourth-order valence-electron chi connectivity index (χ4n) is 1.08. The highest BCUT2D eigenvalue weighted by atomic mass is 32.2. The lowest BCUT2D eigenvalue weighted by Gasteiger charge is -2.09. The van der Waals surface area contributed by atoms with E-state index in [0.717, 1.165) is 5.56 Å². The lowest BCUT2D eigenvalue weighted by Crippen LogP contribution is -2.40. The van der Waals surface area contributed by atoms with E-state index in [2.05, 4.69) is 5.32 Å². The van der Waals surface area contributed by atoms with Gasteiger partial charge in [0.2, 0.25) is 5.91 Å². The Balaban J connectivity index is 2.56. The maximum Gasteiger partial charge on any atom is 0.511 e. The van der Waals surface area contributed by atoms with Gasteiger partial charge in [0.15, 0.2) is 0 Å². The molecule has 1 aromatic carbocycles. The third kappa shape index (κ3) is 4.52. The number of carbonyl (C=O) groups is 1. The van der Waals surface area contributed by atoms with Crippen LogP contribution in [0.4, 0.5) is 18.9 Å². The second-order valence-electron chi connectivity index (χ2n) is 3.68. The highest BCUT2D eigenvalue weighted by molar-refractivity contribution is 7.90. The fourth-order valence-corrected chi connectivity index (χ4v) is 1.57. The number of halogens is 3. The lowest BCUT2D eigenvalue weighted by atomic mass is 10.2. The summed E-state index contributed by atoms with van der Waals surface area (Å²) in [6, 6.07) is 6.47. The molecule has 0 aliphatic rings. The van der Waals surface area contributed by atoms with Crippen LogP contribution in [0.3, 0.4) is 0 Å². The first kappa shape index (κ1) is 15.4. The van der Waals surface area contributed by atoms with E-state index < -0.39 is 28.0 Å². The molecule has 0 saturated heterocycles. The summed E-state index contributed by atoms with van der Waals surface area (Å²) in [4.78, 5) is 11.3. The molecule has 9 heteroatoms. The molecule has 0 aliphatic carbocycles. The first-order valence-electron chi connectivity index (χ1n) is 5.04. The Morgan fingerprint density at radius 1 is 1.21 bits per heavy atom. The van der Waals surface area contributed by atoms with Crippen molar-refractivity contribution in [2.45, 2.75) is 12.4 Å². The van der Waals surface area contributed by atoms with Crippen molar-refractivity contribution in [2.24, 2.45) is 0 Å². The van der Waals surface area contributed by atoms with E-state index in [4.69, 9.17) is 0 Å². The van der Waals surface area contributed by atoms with E-state index in [0.29, 0.717) is 5.69 Å². The summed E-state index contributed by atoms with van der Waals surface area (Å²) in [6.45, 7) is 0.832. The van der Waals surface area contributed by atoms with Gasteiger partial charge in [-0.1, -0.05) is 17.7 Å². The van der Waals surface area contributed by atoms with Crippen molar-refractivity contribution in [1.29, 1.82) is 0 Å². The van der Waals surface area contributed by atoms with Gasteiger partial charge in [0.05, 0.1) is 6.54 Å². The van der Waals surface area contributed by atoms with Crippen LogP contribution >= 0.6 is 0 Å². The van der Waals surface area contributed by atoms with Crippen LogP contribution in [0.25, 0.3) is 0 Å². The molecule has 0 aliphatic heterocycles. The number of hydrogen-bond acceptors (Lipinski definition) is 3. The van der Waals surface area contributed by atoms with E-state index in [-0.39, 0.29) is 0 Å². The monoisotopic (exact) mass is 296 g/mol. The number of anilines is 1. The molecule has 19 heavy (non-hydrogen) atoms. The van der Waals surface area contributed by atoms with Crippen LogP contribution in [0, 0.1) is 6.92 Å². The van der Waals surface area contributed by atoms with Gasteiger partial charge >= 0.3 is 15.5 Å². The van der Waals surface area contributed by atoms with Crippen LogP contribution in [0.1, 0.15) is 5.56 Å². The Bertz CT molecular complexity index is 552. The molecule has 106 valence electrons. The van der Waals surface area contributed by atoms with E-state index >= 15 is 0 Å². The summed E-state index contributed by atoms with van der Waals surface area (Å²) < 4.78 is 58.4. The number of rotatable bonds is 4. The number of sulfonamides is 1. The van der Waals surface area contributed by atoms with E-state index in [1.165, 1.54) is 4.72 Å². The number of alkyl halides is 3. The average molecular weight is 296 g/mol. The summed E-state index contributed by atoms with van der Waals surface area (Å²) in [7, 11) is -5.50. The summed E-state index contributed by atoms with van der Waals surface area (Å²) in [5, 5.41) is 2.26. The maximum absolute atomic E-state index is 12.0. The molecule has 5 nitrogen and oxygen atoms in total. The molecular weight excluding hydrogens is 285 g/mol. The quantitative estimate of drug-likeness (QED) is 0.881. The number of benzene rings is 1. The van der Waals surface area contributed by atoms with Crippen molar-refractivity contribution in [3.8, 4) is 0 Å². The number of amides is 1. The molecule has 0 heterocycles. The van der Waals surface area contributed by atoms with Crippen molar-refractivity contribution in [1.82, 2.24) is 4.72 Å². The van der Waals surface area contributed by atoms with E-state index in [9.17, 15) is 26.4 Å². The highest BCUT2D eigenvalue weighted by Crippen LogP contribution is 2.21. The van der Waals surface area contributed by atoms with E-state index in [1.54, 1.807) is 24.3 Å². The zero-order valence-corrected chi connectivity index (χ0v) is 10.6. The maximum atomic E-state index is 12.0. The SMILES string of the molecule is Cc1ccc(NC(=O)CNS(=O)(=O)C(F)(F)F)cc1. The molecule has 0 radical (unpaired) electrons. The van der Waals surface area contributed by atoms with Crippen LogP contribution in [-0.4, -0.2) is 26.4 Å². The standard InChI is InChI=1S/C10H11F3N2O3S/c1-7-2-4-8(5-3-7)15-9(16)6-14-19(17,18)10(11,12)13/h2-5,14H,6H2,1H3,(H,15,16). The molecule has 0 atom stereocenters. The third-order valence-electron chi connectivity index (χ3n) is 2.06. The van der Waals surface area contributed by atoms with Gasteiger partial charge in [0.25, 0.3) is 0 Å². The number of nitrogens with one attached hydrogen (secondary N) is 2. The van der Waals surface area contributed by atoms with Gasteiger partial charge in [-0.05, 0) is 19.1 Å². The Kier molecular flexibility index (Phi) is 4.53. The Hall–Kier alpha value is -1.61. The molecular formula is C10H11F3N2O3S. The number of aryl methyl sites for hydroxylation is 1. The number of carbonyl (C=O) groups excluding carboxylic acids is 1. The van der Waals surface area contributed by atoms with Crippen molar-refractivity contribution in [2.75, 3.05) is 11.9 Å². The summed E-state index contributed by atoms with van der Waals surface area (Å²) in [5.41, 5.74) is -4.13. The first-order valence-corrected chi connectivity index (χ1v) is 6.52. The van der Waals surface area contributed by atoms with Gasteiger partial charge in [-0.2, -0.15) is 17.9 Å². The van der Waals surface area contributed by atoms with Crippen LogP contribution in [0.15, 0.2) is 24.3 Å². The predicted molar refractivity (Wildman–Crippen MR) is 62.8 cm³/mol. The van der Waals surface area contributed by atoms with Crippen molar-refractivity contribution >= 4 is 21.6 Å². The molecule has 0 bridgehead atoms. The lowest BCUT2D eigenvalue weighted by molar-refractivity contribution is -0.115. The van der Waals surface area contributed by atoms with E-state index in [1.807, 2.05) is 6.92 Å². The van der Waals surface area contributed by atoms with Gasteiger partial charge in [0.1, 0.15) is 0 Å². The minimum atomic E-state index is -5.50. The molecule has 0 aromatic heterocycles. The topological polar surface area (TPSA) is 75.3 Å². The molecule has 0 saturated carbocycles. The van der Waals surface area contributed by atoms with Crippen LogP contribution in [0.5, 0.6) is 0 Å². The minimum Gasteiger partial charge on any atom is -0.325 e. The van der Waals surface area contributed by atoms with Gasteiger partial charge < -0.3 is 5.32 Å². The van der Waals surface area contributed by atoms with Crippen LogP contribution in [0.2, 0.25) is 0 Å². The summed E-state index contributed by atoms with van der Waals surface area (Å²) >= 11 is 0. The second-order valence-corrected chi connectivity index (χ2v) is 5.44. The Labute approximate surface area is 107 Å². The predicted octanol–water partition coefficient (Wildman–Crippen LogP) is 1.37. The number of hydrogen-bond donors (Lipinski definition) is 2. The van der Waals surface area contributed by atoms with Crippen LogP contribution in [-0.2, 0) is 14.8 Å². The van der Waals surface area contributed by atoms with Gasteiger partial charge in [-0.3, -0.25) is 4.79 Å². The Morgan fingerprint density at radius 2 is 1.74 bits per heavy atom. The third-order valence-corrected chi connectivity index (χ3v) is 3.20.